The van der Waals surface area contributed by atoms with Crippen LogP contribution >= 0.6 is 0 Å². The lowest BCUT2D eigenvalue weighted by Gasteiger charge is -2.29. The van der Waals surface area contributed by atoms with Crippen LogP contribution in [0, 0.1) is 0 Å². The Kier molecular flexibility index (Phi) is 5.88. The maximum Gasteiger partial charge on any atom is 0.317 e. The van der Waals surface area contributed by atoms with E-state index in [1.165, 1.54) is 11.1 Å². The van der Waals surface area contributed by atoms with Gasteiger partial charge in [-0.05, 0) is 36.8 Å². The molecular formula is C18H26N2O3. The Balaban J connectivity index is 1.29. The van der Waals surface area contributed by atoms with Crippen LogP contribution in [0.25, 0.3) is 0 Å². The lowest BCUT2D eigenvalue weighted by atomic mass is 10.0. The summed E-state index contributed by atoms with van der Waals surface area (Å²) in [6, 6.07) is 8.37. The number of hydrogen-bond donors (Lipinski definition) is 1. The average molecular weight is 318 g/mol. The van der Waals surface area contributed by atoms with E-state index in [-0.39, 0.29) is 12.1 Å². The molecule has 2 heterocycles. The summed E-state index contributed by atoms with van der Waals surface area (Å²) in [6.45, 7) is 4.36. The number of carbonyl (C=O) groups is 1. The van der Waals surface area contributed by atoms with Crippen molar-refractivity contribution in [3.63, 3.8) is 0 Å². The van der Waals surface area contributed by atoms with E-state index in [1.54, 1.807) is 0 Å². The number of hydrogen-bond acceptors (Lipinski definition) is 3. The molecule has 1 atom stereocenters. The Morgan fingerprint density at radius 1 is 1.35 bits per heavy atom. The number of urea groups is 1. The Labute approximate surface area is 137 Å². The highest BCUT2D eigenvalue weighted by atomic mass is 16.5. The van der Waals surface area contributed by atoms with Gasteiger partial charge in [0, 0.05) is 32.8 Å². The van der Waals surface area contributed by atoms with Gasteiger partial charge in [0.25, 0.3) is 0 Å². The summed E-state index contributed by atoms with van der Waals surface area (Å²) in [5.74, 6) is 0. The molecule has 1 aromatic carbocycles. The third-order valence-corrected chi connectivity index (χ3v) is 4.49. The number of benzene rings is 1. The van der Waals surface area contributed by atoms with Gasteiger partial charge in [0.2, 0.25) is 0 Å². The van der Waals surface area contributed by atoms with Crippen molar-refractivity contribution < 1.29 is 14.3 Å². The van der Waals surface area contributed by atoms with Crippen molar-refractivity contribution in [3.8, 4) is 0 Å². The van der Waals surface area contributed by atoms with Crippen LogP contribution in [0.1, 0.15) is 30.4 Å². The van der Waals surface area contributed by atoms with Crippen LogP contribution in [0.3, 0.4) is 0 Å². The minimum absolute atomic E-state index is 0.0265. The molecule has 5 nitrogen and oxygen atoms in total. The van der Waals surface area contributed by atoms with Crippen molar-refractivity contribution >= 4 is 6.03 Å². The third-order valence-electron chi connectivity index (χ3n) is 4.49. The average Bonchev–Trinajstić information content (AvgIpc) is 3.10. The van der Waals surface area contributed by atoms with Crippen molar-refractivity contribution in [2.75, 3.05) is 32.9 Å². The molecule has 0 bridgehead atoms. The summed E-state index contributed by atoms with van der Waals surface area (Å²) in [7, 11) is 0. The minimum atomic E-state index is 0.0265. The fraction of sp³-hybridized carbons (Fsp3) is 0.611. The van der Waals surface area contributed by atoms with Crippen LogP contribution < -0.4 is 5.32 Å². The minimum Gasteiger partial charge on any atom is -0.379 e. The van der Waals surface area contributed by atoms with E-state index >= 15 is 0 Å². The molecule has 23 heavy (non-hydrogen) atoms. The molecule has 1 fully saturated rings. The predicted molar refractivity (Wildman–Crippen MR) is 88.4 cm³/mol. The number of fused-ring (bicyclic) bond motifs is 1. The van der Waals surface area contributed by atoms with Crippen LogP contribution in [0.2, 0.25) is 0 Å². The number of nitrogens with one attached hydrogen (secondary N) is 1. The number of carbonyl (C=O) groups excluding carboxylic acids is 1. The van der Waals surface area contributed by atoms with Gasteiger partial charge in [-0.3, -0.25) is 0 Å². The molecular weight excluding hydrogens is 292 g/mol. The standard InChI is InChI=1S/C18H26N2O3/c21-18(19-9-4-11-22-14-17-7-3-12-23-17)20-10-8-15-5-1-2-6-16(15)13-20/h1-2,5-6,17H,3-4,7-14H2,(H,19,21). The molecule has 3 rings (SSSR count). The third kappa shape index (κ3) is 4.69. The summed E-state index contributed by atoms with van der Waals surface area (Å²) in [5.41, 5.74) is 2.62. The van der Waals surface area contributed by atoms with Crippen molar-refractivity contribution in [3.05, 3.63) is 35.4 Å². The first-order chi connectivity index (χ1) is 11.3. The predicted octanol–water partition coefficient (Wildman–Crippen LogP) is 2.34. The zero-order valence-electron chi connectivity index (χ0n) is 13.6. The van der Waals surface area contributed by atoms with E-state index < -0.39 is 0 Å². The summed E-state index contributed by atoms with van der Waals surface area (Å²) in [4.78, 5) is 14.1. The highest BCUT2D eigenvalue weighted by molar-refractivity contribution is 5.74. The molecule has 0 aromatic heterocycles. The molecule has 1 saturated heterocycles. The fourth-order valence-electron chi connectivity index (χ4n) is 3.14. The lowest BCUT2D eigenvalue weighted by molar-refractivity contribution is 0.0167. The Morgan fingerprint density at radius 3 is 3.04 bits per heavy atom. The monoisotopic (exact) mass is 318 g/mol. The molecule has 1 aromatic rings. The lowest BCUT2D eigenvalue weighted by Crippen LogP contribution is -2.43. The molecule has 0 spiro atoms. The number of nitrogens with zero attached hydrogens (tertiary/aromatic N) is 1. The molecule has 126 valence electrons. The normalized spacial score (nSPS) is 20.3. The van der Waals surface area contributed by atoms with Gasteiger partial charge in [0.15, 0.2) is 0 Å². The molecule has 5 heteroatoms. The first-order valence-electron chi connectivity index (χ1n) is 8.62. The highest BCUT2D eigenvalue weighted by Gasteiger charge is 2.19. The molecule has 2 aliphatic heterocycles. The van der Waals surface area contributed by atoms with Crippen molar-refractivity contribution in [1.82, 2.24) is 10.2 Å². The van der Waals surface area contributed by atoms with Crippen LogP contribution in [-0.2, 0) is 22.4 Å². The van der Waals surface area contributed by atoms with Gasteiger partial charge < -0.3 is 19.7 Å². The maximum absolute atomic E-state index is 12.2. The summed E-state index contributed by atoms with van der Waals surface area (Å²) in [6.07, 6.45) is 4.30. The molecule has 0 aliphatic carbocycles. The van der Waals surface area contributed by atoms with Gasteiger partial charge in [-0.2, -0.15) is 0 Å². The second kappa shape index (κ2) is 8.31. The van der Waals surface area contributed by atoms with Crippen molar-refractivity contribution in [2.24, 2.45) is 0 Å². The van der Waals surface area contributed by atoms with E-state index in [4.69, 9.17) is 9.47 Å². The van der Waals surface area contributed by atoms with Crippen LogP contribution in [-0.4, -0.2) is 49.9 Å². The van der Waals surface area contributed by atoms with Gasteiger partial charge >= 0.3 is 6.03 Å². The molecule has 1 unspecified atom stereocenters. The number of ether oxygens (including phenoxy) is 2. The second-order valence-corrected chi connectivity index (χ2v) is 6.24. The van der Waals surface area contributed by atoms with Gasteiger partial charge in [-0.1, -0.05) is 24.3 Å². The summed E-state index contributed by atoms with van der Waals surface area (Å²) >= 11 is 0. The van der Waals surface area contributed by atoms with E-state index in [2.05, 4.69) is 23.5 Å². The van der Waals surface area contributed by atoms with Crippen molar-refractivity contribution in [1.29, 1.82) is 0 Å². The maximum atomic E-state index is 12.2. The summed E-state index contributed by atoms with van der Waals surface area (Å²) in [5, 5.41) is 2.99. The summed E-state index contributed by atoms with van der Waals surface area (Å²) < 4.78 is 11.1. The molecule has 2 amide bonds. The Morgan fingerprint density at radius 2 is 2.22 bits per heavy atom. The zero-order chi connectivity index (χ0) is 15.9. The number of amides is 2. The molecule has 1 N–H and O–H groups in total. The van der Waals surface area contributed by atoms with Crippen LogP contribution in [0.15, 0.2) is 24.3 Å². The first kappa shape index (κ1) is 16.3. The first-order valence-corrected chi connectivity index (χ1v) is 8.62. The second-order valence-electron chi connectivity index (χ2n) is 6.24. The van der Waals surface area contributed by atoms with Crippen LogP contribution in [0.4, 0.5) is 4.79 Å². The Bertz CT molecular complexity index is 515. The topological polar surface area (TPSA) is 50.8 Å². The van der Waals surface area contributed by atoms with Gasteiger partial charge in [0.05, 0.1) is 12.7 Å². The largest absolute Gasteiger partial charge is 0.379 e. The molecule has 2 aliphatic rings. The smallest absolute Gasteiger partial charge is 0.317 e. The van der Waals surface area contributed by atoms with Gasteiger partial charge in [-0.25, -0.2) is 4.79 Å². The van der Waals surface area contributed by atoms with E-state index in [9.17, 15) is 4.79 Å². The van der Waals surface area contributed by atoms with Gasteiger partial charge in [-0.15, -0.1) is 0 Å². The van der Waals surface area contributed by atoms with Crippen LogP contribution in [0.5, 0.6) is 0 Å². The fourth-order valence-corrected chi connectivity index (χ4v) is 3.14. The van der Waals surface area contributed by atoms with Gasteiger partial charge in [0.1, 0.15) is 0 Å². The zero-order valence-corrected chi connectivity index (χ0v) is 13.6. The quantitative estimate of drug-likeness (QED) is 0.819. The number of rotatable bonds is 6. The highest BCUT2D eigenvalue weighted by Crippen LogP contribution is 2.18. The molecule has 0 saturated carbocycles. The van der Waals surface area contributed by atoms with E-state index in [0.717, 1.165) is 38.8 Å². The van der Waals surface area contributed by atoms with E-state index in [0.29, 0.717) is 26.3 Å². The SMILES string of the molecule is O=C(NCCCOCC1CCCO1)N1CCc2ccccc2C1. The Hall–Kier alpha value is -1.59. The van der Waals surface area contributed by atoms with Crippen molar-refractivity contribution in [2.45, 2.75) is 38.3 Å². The molecule has 0 radical (unpaired) electrons. The van der Waals surface area contributed by atoms with E-state index in [1.807, 2.05) is 11.0 Å².